The second kappa shape index (κ2) is 6.40. The van der Waals surface area contributed by atoms with Crippen LogP contribution in [0.5, 0.6) is 0 Å². The zero-order valence-electron chi connectivity index (χ0n) is 11.1. The van der Waals surface area contributed by atoms with Crippen molar-refractivity contribution in [1.82, 2.24) is 9.71 Å². The summed E-state index contributed by atoms with van der Waals surface area (Å²) >= 11 is 4.89. The van der Waals surface area contributed by atoms with Gasteiger partial charge in [0, 0.05) is 30.3 Å². The average molecular weight is 301 g/mol. The van der Waals surface area contributed by atoms with Crippen LogP contribution in [0.4, 0.5) is 0 Å². The molecule has 1 aromatic rings. The molecule has 0 radical (unpaired) electrons. The van der Waals surface area contributed by atoms with Crippen LogP contribution in [0.25, 0.3) is 0 Å². The van der Waals surface area contributed by atoms with Gasteiger partial charge in [-0.2, -0.15) is 0 Å². The number of hydrogen-bond donors (Lipinski definition) is 2. The molecule has 106 valence electrons. The van der Waals surface area contributed by atoms with Crippen molar-refractivity contribution in [2.24, 2.45) is 11.1 Å². The lowest BCUT2D eigenvalue weighted by Gasteiger charge is -2.23. The highest BCUT2D eigenvalue weighted by Crippen LogP contribution is 2.14. The van der Waals surface area contributed by atoms with Crippen LogP contribution in [0.2, 0.25) is 0 Å². The van der Waals surface area contributed by atoms with E-state index in [2.05, 4.69) is 9.71 Å². The van der Waals surface area contributed by atoms with Crippen LogP contribution in [0, 0.1) is 5.41 Å². The van der Waals surface area contributed by atoms with Gasteiger partial charge in [-0.15, -0.1) is 0 Å². The monoisotopic (exact) mass is 301 g/mol. The van der Waals surface area contributed by atoms with Crippen molar-refractivity contribution in [3.05, 3.63) is 30.1 Å². The van der Waals surface area contributed by atoms with Gasteiger partial charge in [-0.05, 0) is 12.1 Å². The van der Waals surface area contributed by atoms with E-state index in [1.165, 1.54) is 0 Å². The minimum absolute atomic E-state index is 0.00255. The van der Waals surface area contributed by atoms with Crippen LogP contribution in [0.3, 0.4) is 0 Å². The van der Waals surface area contributed by atoms with E-state index in [0.717, 1.165) is 5.69 Å². The third-order valence-electron chi connectivity index (χ3n) is 2.75. The highest BCUT2D eigenvalue weighted by atomic mass is 32.2. The molecule has 0 aliphatic rings. The van der Waals surface area contributed by atoms with Crippen LogP contribution < -0.4 is 10.5 Å². The SMILES string of the molecule is CC(C)(CNS(=O)(=O)CCc1ccccn1)C(N)=S. The molecule has 0 saturated heterocycles. The minimum Gasteiger partial charge on any atom is -0.393 e. The summed E-state index contributed by atoms with van der Waals surface area (Å²) in [4.78, 5) is 4.38. The molecular formula is C12H19N3O2S2. The lowest BCUT2D eigenvalue weighted by atomic mass is 9.94. The van der Waals surface area contributed by atoms with E-state index in [4.69, 9.17) is 18.0 Å². The van der Waals surface area contributed by atoms with E-state index in [1.807, 2.05) is 6.07 Å². The Kier molecular flexibility index (Phi) is 5.39. The van der Waals surface area contributed by atoms with Gasteiger partial charge in [0.15, 0.2) is 0 Å². The summed E-state index contributed by atoms with van der Waals surface area (Å²) in [6.45, 7) is 3.81. The first-order chi connectivity index (χ1) is 8.73. The van der Waals surface area contributed by atoms with E-state index in [-0.39, 0.29) is 12.3 Å². The molecule has 7 heteroatoms. The van der Waals surface area contributed by atoms with Crippen molar-refractivity contribution in [3.8, 4) is 0 Å². The number of hydrogen-bond acceptors (Lipinski definition) is 4. The molecular weight excluding hydrogens is 282 g/mol. The first-order valence-corrected chi connectivity index (χ1v) is 7.96. The normalized spacial score (nSPS) is 12.3. The van der Waals surface area contributed by atoms with Gasteiger partial charge in [-0.3, -0.25) is 4.98 Å². The molecule has 0 atom stereocenters. The molecule has 19 heavy (non-hydrogen) atoms. The van der Waals surface area contributed by atoms with Crippen molar-refractivity contribution in [1.29, 1.82) is 0 Å². The maximum atomic E-state index is 11.9. The van der Waals surface area contributed by atoms with E-state index >= 15 is 0 Å². The molecule has 0 fully saturated rings. The lowest BCUT2D eigenvalue weighted by Crippen LogP contribution is -2.42. The Labute approximate surface area is 119 Å². The Bertz CT molecular complexity index is 527. The topological polar surface area (TPSA) is 85.1 Å². The fourth-order valence-corrected chi connectivity index (χ4v) is 2.51. The Balaban J connectivity index is 2.51. The van der Waals surface area contributed by atoms with E-state index in [1.54, 1.807) is 32.2 Å². The van der Waals surface area contributed by atoms with Gasteiger partial charge < -0.3 is 5.73 Å². The Morgan fingerprint density at radius 2 is 2.16 bits per heavy atom. The molecule has 0 saturated carbocycles. The molecule has 0 spiro atoms. The summed E-state index contributed by atoms with van der Waals surface area (Å²) in [7, 11) is -3.35. The highest BCUT2D eigenvalue weighted by Gasteiger charge is 2.23. The van der Waals surface area contributed by atoms with Gasteiger partial charge in [0.1, 0.15) is 0 Å². The molecule has 3 N–H and O–H groups in total. The van der Waals surface area contributed by atoms with E-state index in [9.17, 15) is 8.42 Å². The predicted octanol–water partition coefficient (Wildman–Crippen LogP) is 0.856. The van der Waals surface area contributed by atoms with E-state index in [0.29, 0.717) is 11.4 Å². The summed E-state index contributed by atoms with van der Waals surface area (Å²) in [5.41, 5.74) is 5.77. The van der Waals surface area contributed by atoms with Crippen molar-refractivity contribution in [2.75, 3.05) is 12.3 Å². The highest BCUT2D eigenvalue weighted by molar-refractivity contribution is 7.89. The Hall–Kier alpha value is -1.05. The zero-order valence-corrected chi connectivity index (χ0v) is 12.7. The van der Waals surface area contributed by atoms with Crippen LogP contribution in [0.15, 0.2) is 24.4 Å². The van der Waals surface area contributed by atoms with Crippen molar-refractivity contribution < 1.29 is 8.42 Å². The number of aryl methyl sites for hydroxylation is 1. The smallest absolute Gasteiger partial charge is 0.212 e. The predicted molar refractivity (Wildman–Crippen MR) is 80.3 cm³/mol. The van der Waals surface area contributed by atoms with Crippen molar-refractivity contribution in [3.63, 3.8) is 0 Å². The summed E-state index contributed by atoms with van der Waals surface area (Å²) in [5, 5.41) is 0. The molecule has 0 aliphatic carbocycles. The van der Waals surface area contributed by atoms with Crippen molar-refractivity contribution >= 4 is 27.2 Å². The third kappa shape index (κ3) is 5.63. The quantitative estimate of drug-likeness (QED) is 0.730. The molecule has 0 amide bonds. The van der Waals surface area contributed by atoms with Crippen LogP contribution in [-0.4, -0.2) is 30.7 Å². The molecule has 0 aromatic carbocycles. The molecule has 1 aromatic heterocycles. The Morgan fingerprint density at radius 1 is 1.47 bits per heavy atom. The second-order valence-electron chi connectivity index (χ2n) is 4.96. The van der Waals surface area contributed by atoms with Gasteiger partial charge in [0.25, 0.3) is 0 Å². The summed E-state index contributed by atoms with van der Waals surface area (Å²) < 4.78 is 26.2. The van der Waals surface area contributed by atoms with Gasteiger partial charge >= 0.3 is 0 Å². The minimum atomic E-state index is -3.35. The molecule has 0 unspecified atom stereocenters. The molecule has 1 heterocycles. The van der Waals surface area contributed by atoms with Crippen molar-refractivity contribution in [2.45, 2.75) is 20.3 Å². The van der Waals surface area contributed by atoms with E-state index < -0.39 is 15.4 Å². The number of nitrogens with one attached hydrogen (secondary N) is 1. The van der Waals surface area contributed by atoms with Gasteiger partial charge in [-0.25, -0.2) is 13.1 Å². The largest absolute Gasteiger partial charge is 0.393 e. The first kappa shape index (κ1) is 16.0. The fraction of sp³-hybridized carbons (Fsp3) is 0.500. The molecule has 1 rings (SSSR count). The lowest BCUT2D eigenvalue weighted by molar-refractivity contribution is 0.501. The van der Waals surface area contributed by atoms with Gasteiger partial charge in [-0.1, -0.05) is 32.1 Å². The third-order valence-corrected chi connectivity index (χ3v) is 4.63. The number of sulfonamides is 1. The summed E-state index contributed by atoms with van der Waals surface area (Å²) in [6, 6.07) is 5.42. The van der Waals surface area contributed by atoms with Gasteiger partial charge in [0.05, 0.1) is 10.7 Å². The van der Waals surface area contributed by atoms with Crippen LogP contribution in [-0.2, 0) is 16.4 Å². The fourth-order valence-electron chi connectivity index (χ4n) is 1.23. The number of aromatic nitrogens is 1. The molecule has 0 bridgehead atoms. The first-order valence-electron chi connectivity index (χ1n) is 5.90. The summed E-state index contributed by atoms with van der Waals surface area (Å²) in [5.74, 6) is -0.00255. The number of pyridine rings is 1. The zero-order chi connectivity index (χ0) is 14.5. The molecule has 5 nitrogen and oxygen atoms in total. The average Bonchev–Trinajstić information content (AvgIpc) is 2.36. The number of thiocarbonyl (C=S) groups is 1. The Morgan fingerprint density at radius 3 is 2.68 bits per heavy atom. The maximum absolute atomic E-state index is 11.9. The van der Waals surface area contributed by atoms with Crippen LogP contribution >= 0.6 is 12.2 Å². The second-order valence-corrected chi connectivity index (χ2v) is 7.33. The maximum Gasteiger partial charge on any atom is 0.212 e. The standard InChI is InChI=1S/C12H19N3O2S2/c1-12(2,11(13)18)9-15-19(16,17)8-6-10-5-3-4-7-14-10/h3-5,7,15H,6,8-9H2,1-2H3,(H2,13,18). The van der Waals surface area contributed by atoms with Gasteiger partial charge in [0.2, 0.25) is 10.0 Å². The number of rotatable bonds is 7. The number of nitrogens with zero attached hydrogens (tertiary/aromatic N) is 1. The molecule has 0 aliphatic heterocycles. The number of nitrogens with two attached hydrogens (primary N) is 1. The van der Waals surface area contributed by atoms with Crippen LogP contribution in [0.1, 0.15) is 19.5 Å². The summed E-state index contributed by atoms with van der Waals surface area (Å²) in [6.07, 6.45) is 2.02.